The Balaban J connectivity index is 2.21. The molecular formula is C15H21NO3. The molecule has 104 valence electrons. The third-order valence-electron chi connectivity index (χ3n) is 4.07. The summed E-state index contributed by atoms with van der Waals surface area (Å²) in [6.45, 7) is 7.27. The van der Waals surface area contributed by atoms with E-state index in [1.54, 1.807) is 12.1 Å². The van der Waals surface area contributed by atoms with Crippen molar-refractivity contribution in [1.29, 1.82) is 0 Å². The molecule has 19 heavy (non-hydrogen) atoms. The molecule has 0 aliphatic carbocycles. The van der Waals surface area contributed by atoms with E-state index in [-0.39, 0.29) is 5.92 Å². The van der Waals surface area contributed by atoms with Gasteiger partial charge in [0.05, 0.1) is 11.2 Å². The van der Waals surface area contributed by atoms with Crippen molar-refractivity contribution in [2.45, 2.75) is 32.8 Å². The molecular weight excluding hydrogens is 242 g/mol. The van der Waals surface area contributed by atoms with Gasteiger partial charge in [0.15, 0.2) is 0 Å². The largest absolute Gasteiger partial charge is 0.478 e. The van der Waals surface area contributed by atoms with Crippen LogP contribution in [0, 0.1) is 5.92 Å². The van der Waals surface area contributed by atoms with Gasteiger partial charge in [0, 0.05) is 18.8 Å². The van der Waals surface area contributed by atoms with E-state index in [2.05, 4.69) is 4.90 Å². The summed E-state index contributed by atoms with van der Waals surface area (Å²) in [7, 11) is 0. The highest BCUT2D eigenvalue weighted by Gasteiger charge is 2.31. The average molecular weight is 263 g/mol. The molecule has 4 heteroatoms. The van der Waals surface area contributed by atoms with Crippen LogP contribution < -0.4 is 4.90 Å². The SMILES string of the molecule is CC(C)C(C)(O)CN1CCc2cc(C(=O)O)ccc21. The highest BCUT2D eigenvalue weighted by molar-refractivity contribution is 5.88. The Labute approximate surface area is 113 Å². The number of aromatic carboxylic acids is 1. The fourth-order valence-corrected chi connectivity index (χ4v) is 2.34. The minimum atomic E-state index is -0.893. The molecule has 2 N–H and O–H groups in total. The van der Waals surface area contributed by atoms with Gasteiger partial charge in [-0.2, -0.15) is 0 Å². The van der Waals surface area contributed by atoms with Crippen LogP contribution in [0.1, 0.15) is 36.7 Å². The number of hydrogen-bond donors (Lipinski definition) is 2. The number of carboxylic acid groups (broad SMARTS) is 1. The molecule has 1 aromatic carbocycles. The number of fused-ring (bicyclic) bond motifs is 1. The zero-order chi connectivity index (χ0) is 14.2. The van der Waals surface area contributed by atoms with Crippen molar-refractivity contribution in [3.8, 4) is 0 Å². The van der Waals surface area contributed by atoms with Crippen LogP contribution >= 0.6 is 0 Å². The van der Waals surface area contributed by atoms with Gasteiger partial charge in [-0.05, 0) is 43.0 Å². The first kappa shape index (κ1) is 13.9. The van der Waals surface area contributed by atoms with E-state index >= 15 is 0 Å². The predicted molar refractivity (Wildman–Crippen MR) is 74.8 cm³/mol. The first-order valence-electron chi connectivity index (χ1n) is 6.65. The van der Waals surface area contributed by atoms with Crippen LogP contribution in [-0.2, 0) is 6.42 Å². The van der Waals surface area contributed by atoms with Crippen LogP contribution in [0.2, 0.25) is 0 Å². The molecule has 1 heterocycles. The van der Waals surface area contributed by atoms with Gasteiger partial charge in [-0.15, -0.1) is 0 Å². The maximum Gasteiger partial charge on any atom is 0.335 e. The number of β-amino-alcohol motifs (C(OH)–C–C–N with tert-alkyl or cyclic N) is 1. The fourth-order valence-electron chi connectivity index (χ4n) is 2.34. The van der Waals surface area contributed by atoms with Gasteiger partial charge in [0.25, 0.3) is 0 Å². The quantitative estimate of drug-likeness (QED) is 0.874. The second kappa shape index (κ2) is 4.85. The molecule has 0 saturated carbocycles. The number of anilines is 1. The Morgan fingerprint density at radius 1 is 1.47 bits per heavy atom. The normalized spacial score (nSPS) is 17.4. The molecule has 2 rings (SSSR count). The maximum atomic E-state index is 10.9. The molecule has 0 amide bonds. The molecule has 0 fully saturated rings. The van der Waals surface area contributed by atoms with Gasteiger partial charge in [-0.3, -0.25) is 0 Å². The van der Waals surface area contributed by atoms with Crippen molar-refractivity contribution in [2.24, 2.45) is 5.92 Å². The summed E-state index contributed by atoms with van der Waals surface area (Å²) in [4.78, 5) is 13.1. The van der Waals surface area contributed by atoms with E-state index in [1.807, 2.05) is 26.8 Å². The van der Waals surface area contributed by atoms with Crippen molar-refractivity contribution in [3.05, 3.63) is 29.3 Å². The van der Waals surface area contributed by atoms with Crippen LogP contribution in [0.15, 0.2) is 18.2 Å². The molecule has 0 saturated heterocycles. The summed E-state index contributed by atoms with van der Waals surface area (Å²) < 4.78 is 0. The molecule has 1 aliphatic heterocycles. The van der Waals surface area contributed by atoms with E-state index in [1.165, 1.54) is 0 Å². The van der Waals surface area contributed by atoms with Crippen molar-refractivity contribution in [3.63, 3.8) is 0 Å². The molecule has 0 bridgehead atoms. The molecule has 0 spiro atoms. The number of carbonyl (C=O) groups is 1. The van der Waals surface area contributed by atoms with Crippen LogP contribution in [-0.4, -0.2) is 34.9 Å². The Hall–Kier alpha value is -1.55. The van der Waals surface area contributed by atoms with E-state index in [0.717, 1.165) is 24.2 Å². The monoisotopic (exact) mass is 263 g/mol. The molecule has 1 atom stereocenters. The Morgan fingerprint density at radius 2 is 2.16 bits per heavy atom. The third-order valence-corrected chi connectivity index (χ3v) is 4.07. The summed E-state index contributed by atoms with van der Waals surface area (Å²) in [5.74, 6) is -0.717. The lowest BCUT2D eigenvalue weighted by molar-refractivity contribution is 0.0210. The van der Waals surface area contributed by atoms with Crippen molar-refractivity contribution >= 4 is 11.7 Å². The molecule has 1 unspecified atom stereocenters. The van der Waals surface area contributed by atoms with E-state index in [9.17, 15) is 9.90 Å². The molecule has 1 aliphatic rings. The summed E-state index contributed by atoms with van der Waals surface area (Å²) in [5.41, 5.74) is 1.69. The zero-order valence-corrected chi connectivity index (χ0v) is 11.7. The number of nitrogens with zero attached hydrogens (tertiary/aromatic N) is 1. The molecule has 4 nitrogen and oxygen atoms in total. The van der Waals surface area contributed by atoms with Gasteiger partial charge in [-0.25, -0.2) is 4.79 Å². The Kier molecular flexibility index (Phi) is 3.54. The van der Waals surface area contributed by atoms with Gasteiger partial charge in [0.2, 0.25) is 0 Å². The number of rotatable bonds is 4. The van der Waals surface area contributed by atoms with Crippen LogP contribution in [0.3, 0.4) is 0 Å². The standard InChI is InChI=1S/C15H21NO3/c1-10(2)15(3,19)9-16-7-6-11-8-12(14(17)18)4-5-13(11)16/h4-5,8,10,19H,6-7,9H2,1-3H3,(H,17,18). The Bertz CT molecular complexity index is 494. The number of hydrogen-bond acceptors (Lipinski definition) is 3. The summed E-state index contributed by atoms with van der Waals surface area (Å²) in [6, 6.07) is 5.22. The highest BCUT2D eigenvalue weighted by Crippen LogP contribution is 2.31. The topological polar surface area (TPSA) is 60.8 Å². The highest BCUT2D eigenvalue weighted by atomic mass is 16.4. The van der Waals surface area contributed by atoms with E-state index in [4.69, 9.17) is 5.11 Å². The second-order valence-electron chi connectivity index (χ2n) is 5.83. The summed E-state index contributed by atoms with van der Waals surface area (Å²) in [5, 5.41) is 19.4. The molecule has 0 aromatic heterocycles. The van der Waals surface area contributed by atoms with Gasteiger partial charge >= 0.3 is 5.97 Å². The maximum absolute atomic E-state index is 10.9. The lowest BCUT2D eigenvalue weighted by atomic mass is 9.92. The number of aliphatic hydroxyl groups is 1. The van der Waals surface area contributed by atoms with Crippen LogP contribution in [0.25, 0.3) is 0 Å². The summed E-state index contributed by atoms with van der Waals surface area (Å²) in [6.07, 6.45) is 0.838. The Morgan fingerprint density at radius 3 is 2.74 bits per heavy atom. The molecule has 0 radical (unpaired) electrons. The average Bonchev–Trinajstić information content (AvgIpc) is 2.71. The van der Waals surface area contributed by atoms with Gasteiger partial charge < -0.3 is 15.1 Å². The van der Waals surface area contributed by atoms with Crippen LogP contribution in [0.4, 0.5) is 5.69 Å². The minimum absolute atomic E-state index is 0.176. The van der Waals surface area contributed by atoms with Crippen molar-refractivity contribution < 1.29 is 15.0 Å². The lowest BCUT2D eigenvalue weighted by Crippen LogP contribution is -2.44. The smallest absolute Gasteiger partial charge is 0.335 e. The number of benzene rings is 1. The zero-order valence-electron chi connectivity index (χ0n) is 11.7. The van der Waals surface area contributed by atoms with Gasteiger partial charge in [-0.1, -0.05) is 13.8 Å². The lowest BCUT2D eigenvalue weighted by Gasteiger charge is -2.33. The van der Waals surface area contributed by atoms with E-state index < -0.39 is 11.6 Å². The minimum Gasteiger partial charge on any atom is -0.478 e. The van der Waals surface area contributed by atoms with Crippen LogP contribution in [0.5, 0.6) is 0 Å². The third kappa shape index (κ3) is 2.73. The fraction of sp³-hybridized carbons (Fsp3) is 0.533. The van der Waals surface area contributed by atoms with Gasteiger partial charge in [0.1, 0.15) is 0 Å². The second-order valence-corrected chi connectivity index (χ2v) is 5.83. The number of carboxylic acids is 1. The van der Waals surface area contributed by atoms with Crippen molar-refractivity contribution in [1.82, 2.24) is 0 Å². The first-order valence-corrected chi connectivity index (χ1v) is 6.65. The summed E-state index contributed by atoms with van der Waals surface area (Å²) >= 11 is 0. The molecule has 1 aromatic rings. The van der Waals surface area contributed by atoms with Crippen molar-refractivity contribution in [2.75, 3.05) is 18.0 Å². The first-order chi connectivity index (χ1) is 8.81. The van der Waals surface area contributed by atoms with E-state index in [0.29, 0.717) is 12.1 Å². The predicted octanol–water partition coefficient (Wildman–Crippen LogP) is 2.15.